The van der Waals surface area contributed by atoms with E-state index in [0.29, 0.717) is 22.1 Å². The van der Waals surface area contributed by atoms with Crippen LogP contribution in [0.4, 0.5) is 4.79 Å². The predicted octanol–water partition coefficient (Wildman–Crippen LogP) is 3.61. The second kappa shape index (κ2) is 6.46. The van der Waals surface area contributed by atoms with Crippen LogP contribution in [0, 0.1) is 0 Å². The molecule has 2 amide bonds. The van der Waals surface area contributed by atoms with Crippen molar-refractivity contribution in [3.8, 4) is 11.5 Å². The monoisotopic (exact) mass is 371 g/mol. The van der Waals surface area contributed by atoms with Crippen molar-refractivity contribution in [2.24, 2.45) is 0 Å². The Labute approximate surface area is 154 Å². The molecule has 2 aliphatic rings. The van der Waals surface area contributed by atoms with Gasteiger partial charge in [-0.3, -0.25) is 14.9 Å². The van der Waals surface area contributed by atoms with Gasteiger partial charge in [-0.1, -0.05) is 17.7 Å². The molecule has 0 bridgehead atoms. The molecule has 0 radical (unpaired) electrons. The first kappa shape index (κ1) is 16.6. The lowest BCUT2D eigenvalue weighted by molar-refractivity contribution is -0.124. The van der Waals surface area contributed by atoms with Gasteiger partial charge in [-0.2, -0.15) is 0 Å². The number of nitrogens with one attached hydrogen (secondary N) is 1. The number of hydrogen-bond donors (Lipinski definition) is 1. The third kappa shape index (κ3) is 2.93. The van der Waals surface area contributed by atoms with Crippen LogP contribution in [0.1, 0.15) is 33.8 Å². The SMILES string of the molecule is O=Cc1ccc(Oc2ccc3c(c2)CC[C@H]3C2OC(=O)NC2=O)c(Cl)c1. The first-order valence-corrected chi connectivity index (χ1v) is 8.50. The summed E-state index contributed by atoms with van der Waals surface area (Å²) in [6, 6.07) is 10.4. The number of amides is 2. The third-order valence-electron chi connectivity index (χ3n) is 4.64. The smallest absolute Gasteiger partial charge is 0.414 e. The van der Waals surface area contributed by atoms with E-state index in [-0.39, 0.29) is 5.92 Å². The number of aryl methyl sites for hydroxylation is 1. The van der Waals surface area contributed by atoms with E-state index in [2.05, 4.69) is 5.32 Å². The second-order valence-electron chi connectivity index (χ2n) is 6.23. The molecule has 1 N–H and O–H groups in total. The molecule has 132 valence electrons. The van der Waals surface area contributed by atoms with Crippen LogP contribution in [0.15, 0.2) is 36.4 Å². The molecule has 1 saturated heterocycles. The standard InChI is InChI=1S/C19H14ClNO5/c20-15-7-10(9-22)1-6-16(15)25-12-3-5-13-11(8-12)2-4-14(13)17-18(23)21-19(24)26-17/h1,3,5-9,14,17H,2,4H2,(H,21,23,24)/t14-,17?/m1/s1. The Morgan fingerprint density at radius 1 is 1.19 bits per heavy atom. The Bertz CT molecular complexity index is 926. The van der Waals surface area contributed by atoms with E-state index in [1.54, 1.807) is 24.3 Å². The number of alkyl carbamates (subject to hydrolysis) is 1. The molecule has 7 heteroatoms. The van der Waals surface area contributed by atoms with Crippen molar-refractivity contribution in [1.82, 2.24) is 5.32 Å². The molecule has 2 aromatic rings. The Hall–Kier alpha value is -2.86. The van der Waals surface area contributed by atoms with Crippen molar-refractivity contribution >= 4 is 29.9 Å². The second-order valence-corrected chi connectivity index (χ2v) is 6.64. The number of benzene rings is 2. The van der Waals surface area contributed by atoms with Gasteiger partial charge in [0.25, 0.3) is 5.91 Å². The van der Waals surface area contributed by atoms with Gasteiger partial charge in [-0.25, -0.2) is 4.79 Å². The summed E-state index contributed by atoms with van der Waals surface area (Å²) in [5, 5.41) is 2.52. The highest BCUT2D eigenvalue weighted by molar-refractivity contribution is 6.32. The van der Waals surface area contributed by atoms with Gasteiger partial charge in [0.05, 0.1) is 5.02 Å². The van der Waals surface area contributed by atoms with Crippen LogP contribution in [-0.2, 0) is 16.0 Å². The maximum atomic E-state index is 11.9. The van der Waals surface area contributed by atoms with Crippen LogP contribution in [0.3, 0.4) is 0 Å². The van der Waals surface area contributed by atoms with Gasteiger partial charge in [0, 0.05) is 11.5 Å². The van der Waals surface area contributed by atoms with E-state index >= 15 is 0 Å². The lowest BCUT2D eigenvalue weighted by atomic mass is 9.95. The van der Waals surface area contributed by atoms with Gasteiger partial charge in [0.1, 0.15) is 17.8 Å². The third-order valence-corrected chi connectivity index (χ3v) is 4.94. The summed E-state index contributed by atoms with van der Waals surface area (Å²) in [7, 11) is 0. The van der Waals surface area contributed by atoms with Crippen LogP contribution in [-0.4, -0.2) is 24.4 Å². The minimum absolute atomic E-state index is 0.152. The molecule has 1 aliphatic heterocycles. The molecule has 1 heterocycles. The lowest BCUT2D eigenvalue weighted by Crippen LogP contribution is -2.28. The molecule has 0 saturated carbocycles. The number of ether oxygens (including phenoxy) is 2. The number of rotatable bonds is 4. The number of halogens is 1. The molecule has 0 aromatic heterocycles. The summed E-state index contributed by atoms with van der Waals surface area (Å²) < 4.78 is 10.9. The lowest BCUT2D eigenvalue weighted by Gasteiger charge is -2.16. The summed E-state index contributed by atoms with van der Waals surface area (Å²) in [5.74, 6) is 0.519. The Balaban J connectivity index is 1.56. The van der Waals surface area contributed by atoms with Crippen molar-refractivity contribution in [2.45, 2.75) is 24.9 Å². The minimum Gasteiger partial charge on any atom is -0.456 e. The zero-order valence-corrected chi connectivity index (χ0v) is 14.3. The van der Waals surface area contributed by atoms with Gasteiger partial charge in [-0.15, -0.1) is 0 Å². The normalized spacial score (nSPS) is 21.1. The predicted molar refractivity (Wildman–Crippen MR) is 92.8 cm³/mol. The van der Waals surface area contributed by atoms with Gasteiger partial charge >= 0.3 is 6.09 Å². The molecule has 1 fully saturated rings. The van der Waals surface area contributed by atoms with Crippen molar-refractivity contribution in [3.05, 3.63) is 58.1 Å². The molecule has 0 spiro atoms. The molecule has 1 unspecified atom stereocenters. The Kier molecular flexibility index (Phi) is 4.12. The van der Waals surface area contributed by atoms with E-state index in [1.165, 1.54) is 0 Å². The molecule has 2 aromatic carbocycles. The van der Waals surface area contributed by atoms with Crippen LogP contribution in [0.25, 0.3) is 0 Å². The van der Waals surface area contributed by atoms with E-state index in [1.807, 2.05) is 12.1 Å². The molecule has 4 rings (SSSR count). The highest BCUT2D eigenvalue weighted by atomic mass is 35.5. The fraction of sp³-hybridized carbons (Fsp3) is 0.211. The molecular weight excluding hydrogens is 358 g/mol. The average Bonchev–Trinajstić information content (AvgIpc) is 3.18. The first-order chi connectivity index (χ1) is 12.5. The van der Waals surface area contributed by atoms with Crippen molar-refractivity contribution in [1.29, 1.82) is 0 Å². The van der Waals surface area contributed by atoms with Gasteiger partial charge in [-0.05, 0) is 54.3 Å². The van der Waals surface area contributed by atoms with Gasteiger partial charge < -0.3 is 9.47 Å². The number of cyclic esters (lactones) is 1. The van der Waals surface area contributed by atoms with Crippen LogP contribution >= 0.6 is 11.6 Å². The van der Waals surface area contributed by atoms with E-state index in [9.17, 15) is 14.4 Å². The zero-order valence-electron chi connectivity index (χ0n) is 13.5. The topological polar surface area (TPSA) is 81.7 Å². The highest BCUT2D eigenvalue weighted by Crippen LogP contribution is 2.40. The van der Waals surface area contributed by atoms with Crippen LogP contribution < -0.4 is 10.1 Å². The quantitative estimate of drug-likeness (QED) is 0.830. The molecule has 2 atom stereocenters. The van der Waals surface area contributed by atoms with Crippen LogP contribution in [0.2, 0.25) is 5.02 Å². The van der Waals surface area contributed by atoms with Gasteiger partial charge in [0.2, 0.25) is 0 Å². The molecule has 1 aliphatic carbocycles. The summed E-state index contributed by atoms with van der Waals surface area (Å²) >= 11 is 6.14. The number of imide groups is 1. The summed E-state index contributed by atoms with van der Waals surface area (Å²) in [5.41, 5.74) is 2.50. The molecule has 26 heavy (non-hydrogen) atoms. The van der Waals surface area contributed by atoms with E-state index < -0.39 is 18.1 Å². The molecule has 6 nitrogen and oxygen atoms in total. The number of fused-ring (bicyclic) bond motifs is 1. The van der Waals surface area contributed by atoms with Crippen LogP contribution in [0.5, 0.6) is 11.5 Å². The van der Waals surface area contributed by atoms with E-state index in [4.69, 9.17) is 21.1 Å². The summed E-state index contributed by atoms with van der Waals surface area (Å²) in [6.45, 7) is 0. The number of aldehydes is 1. The van der Waals surface area contributed by atoms with Crippen molar-refractivity contribution < 1.29 is 23.9 Å². The molecular formula is C19H14ClNO5. The summed E-state index contributed by atoms with van der Waals surface area (Å²) in [4.78, 5) is 33.9. The maximum absolute atomic E-state index is 11.9. The summed E-state index contributed by atoms with van der Waals surface area (Å²) in [6.07, 6.45) is 0.731. The Morgan fingerprint density at radius 2 is 2.04 bits per heavy atom. The number of carbonyl (C=O) groups is 3. The first-order valence-electron chi connectivity index (χ1n) is 8.12. The number of carbonyl (C=O) groups excluding carboxylic acids is 3. The van der Waals surface area contributed by atoms with Crippen molar-refractivity contribution in [2.75, 3.05) is 0 Å². The minimum atomic E-state index is -0.777. The number of hydrogen-bond acceptors (Lipinski definition) is 5. The maximum Gasteiger partial charge on any atom is 0.414 e. The van der Waals surface area contributed by atoms with Crippen molar-refractivity contribution in [3.63, 3.8) is 0 Å². The van der Waals surface area contributed by atoms with E-state index in [0.717, 1.165) is 30.3 Å². The fourth-order valence-electron chi connectivity index (χ4n) is 3.44. The Morgan fingerprint density at radius 3 is 2.73 bits per heavy atom. The highest BCUT2D eigenvalue weighted by Gasteiger charge is 2.42. The largest absolute Gasteiger partial charge is 0.456 e. The fourth-order valence-corrected chi connectivity index (χ4v) is 3.67. The average molecular weight is 372 g/mol. The zero-order chi connectivity index (χ0) is 18.3. The van der Waals surface area contributed by atoms with Gasteiger partial charge in [0.15, 0.2) is 6.10 Å².